The van der Waals surface area contributed by atoms with E-state index in [9.17, 15) is 86.1 Å². The minimum absolute atomic E-state index is 0.819. The lowest BCUT2D eigenvalue weighted by molar-refractivity contribution is -0.510. The number of aliphatic hydroxyl groups excluding tert-OH is 15. The highest BCUT2D eigenvalue weighted by atomic mass is 31.2. The third kappa shape index (κ3) is 9.38. The number of quaternary nitrogens is 1. The van der Waals surface area contributed by atoms with Crippen LogP contribution in [0.25, 0.3) is 0 Å². The van der Waals surface area contributed by atoms with Crippen molar-refractivity contribution >= 4 is 7.82 Å². The molecule has 29 heteroatoms. The van der Waals surface area contributed by atoms with Crippen LogP contribution in [0.3, 0.4) is 0 Å². The molecule has 0 spiro atoms. The minimum atomic E-state index is -5.01. The fourth-order valence-corrected chi connectivity index (χ4v) is 8.78. The van der Waals surface area contributed by atoms with Crippen molar-refractivity contribution in [1.29, 1.82) is 0 Å². The number of phosphoric acid groups is 1. The lowest BCUT2D eigenvalue weighted by atomic mass is 9.84. The van der Waals surface area contributed by atoms with Gasteiger partial charge in [0.25, 0.3) is 7.82 Å². The summed E-state index contributed by atoms with van der Waals surface area (Å²) in [5.41, 5.74) is 3.75. The highest BCUT2D eigenvalue weighted by molar-refractivity contribution is 7.46. The number of fused-ring (bicyclic) bond motifs is 1. The van der Waals surface area contributed by atoms with Crippen molar-refractivity contribution in [1.82, 2.24) is 0 Å². The Hall–Kier alpha value is -0.850. The van der Waals surface area contributed by atoms with E-state index in [4.69, 9.17) is 46.9 Å². The smallest absolute Gasteiger partial charge is 0.268 e. The molecule has 18 N–H and O–H groups in total. The van der Waals surface area contributed by atoms with Gasteiger partial charge in [-0.1, -0.05) is 0 Å². The van der Waals surface area contributed by atoms with Crippen molar-refractivity contribution < 1.29 is 139 Å². The third-order valence-electron chi connectivity index (χ3n) is 11.1. The average molecular weight is 890 g/mol. The highest BCUT2D eigenvalue weighted by Crippen LogP contribution is 2.53. The Bertz CT molecular complexity index is 1420. The summed E-state index contributed by atoms with van der Waals surface area (Å²) in [6.07, 6.45) is -45.5. The molecular formula is C30H52NO27P. The van der Waals surface area contributed by atoms with Gasteiger partial charge in [-0.3, -0.25) is 4.57 Å². The lowest BCUT2D eigenvalue weighted by Crippen LogP contribution is -2.79. The molecule has 0 aromatic rings. The number of phosphoric ester groups is 1. The van der Waals surface area contributed by atoms with Crippen molar-refractivity contribution in [2.45, 2.75) is 159 Å². The fourth-order valence-electron chi connectivity index (χ4n) is 7.65. The van der Waals surface area contributed by atoms with E-state index in [0.717, 1.165) is 0 Å². The number of ether oxygens (including phenoxy) is 8. The first kappa shape index (κ1) is 47.6. The Kier molecular flexibility index (Phi) is 15.4. The summed E-state index contributed by atoms with van der Waals surface area (Å²) in [6.45, 7) is -3.48. The third-order valence-corrected chi connectivity index (χ3v) is 12.1. The second kappa shape index (κ2) is 19.1. The van der Waals surface area contributed by atoms with Gasteiger partial charge in [0.15, 0.2) is 24.9 Å². The first-order chi connectivity index (χ1) is 27.7. The molecule has 344 valence electrons. The van der Waals surface area contributed by atoms with Crippen LogP contribution >= 0.6 is 7.82 Å². The van der Waals surface area contributed by atoms with Crippen LogP contribution in [0.4, 0.5) is 0 Å². The molecule has 1 saturated carbocycles. The van der Waals surface area contributed by atoms with Gasteiger partial charge in [0, 0.05) is 0 Å². The molecular weight excluding hydrogens is 837 g/mol. The average Bonchev–Trinajstić information content (AvgIpc) is 3.54. The Labute approximate surface area is 332 Å². The molecule has 5 heterocycles. The predicted molar refractivity (Wildman–Crippen MR) is 173 cm³/mol. The fraction of sp³-hybridized carbons (Fsp3) is 1.00. The van der Waals surface area contributed by atoms with Crippen molar-refractivity contribution in [3.63, 3.8) is 0 Å². The van der Waals surface area contributed by atoms with Crippen LogP contribution in [0.15, 0.2) is 0 Å². The lowest BCUT2D eigenvalue weighted by Gasteiger charge is -2.48. The topological polar surface area (TPSA) is 464 Å². The monoisotopic (exact) mass is 889 g/mol. The van der Waals surface area contributed by atoms with Gasteiger partial charge in [-0.15, -0.1) is 0 Å². The summed E-state index contributed by atoms with van der Waals surface area (Å²) >= 11 is 0. The van der Waals surface area contributed by atoms with Crippen LogP contribution in [0.2, 0.25) is 0 Å². The molecule has 1 aliphatic carbocycles. The van der Waals surface area contributed by atoms with Crippen molar-refractivity contribution in [2.75, 3.05) is 26.4 Å². The number of rotatable bonds is 12. The zero-order chi connectivity index (χ0) is 43.4. The van der Waals surface area contributed by atoms with Crippen molar-refractivity contribution in [3.05, 3.63) is 0 Å². The SMILES string of the molecule is [NH3+][C@H]1[C@@H](O[C@@H]2[C@@H](O)[C@H](O)[C@@H](O)[C@H]3OP(=O)([O-])O[C@H]32)O[C@H](CO)[C@@H](O[C@H]2O[C@H](CO[C@H]3O[C@H](CO)[C@@H](O)[C@H](O)[C@@H]3O[C@H]3O[C@H](CO)[C@@H](O)[C@H](O)[C@@H]3O)[C@@H](O)[C@H](O)[C@@H]2O)[C@@H]1O. The van der Waals surface area contributed by atoms with Gasteiger partial charge in [-0.2, -0.15) is 0 Å². The molecule has 6 rings (SSSR count). The van der Waals surface area contributed by atoms with E-state index in [1.165, 1.54) is 0 Å². The first-order valence-electron chi connectivity index (χ1n) is 18.4. The van der Waals surface area contributed by atoms with Crippen LogP contribution in [-0.4, -0.2) is 262 Å². The van der Waals surface area contributed by atoms with Crippen LogP contribution < -0.4 is 10.6 Å². The van der Waals surface area contributed by atoms with Crippen LogP contribution in [0.1, 0.15) is 0 Å². The van der Waals surface area contributed by atoms with E-state index in [1.807, 2.05) is 0 Å². The van der Waals surface area contributed by atoms with Gasteiger partial charge >= 0.3 is 0 Å². The van der Waals surface area contributed by atoms with Gasteiger partial charge in [-0.05, 0) is 0 Å². The van der Waals surface area contributed by atoms with Crippen molar-refractivity contribution in [3.8, 4) is 0 Å². The molecule has 0 bridgehead atoms. The van der Waals surface area contributed by atoms with Crippen LogP contribution in [-0.2, 0) is 51.5 Å². The van der Waals surface area contributed by atoms with Gasteiger partial charge in [0.2, 0.25) is 6.29 Å². The molecule has 5 saturated heterocycles. The molecule has 5 aliphatic heterocycles. The van der Waals surface area contributed by atoms with E-state index in [2.05, 4.69) is 5.73 Å². The van der Waals surface area contributed by atoms with Gasteiger partial charge < -0.3 is 134 Å². The Morgan fingerprint density at radius 3 is 1.46 bits per heavy atom. The molecule has 27 atom stereocenters. The molecule has 0 aromatic carbocycles. The Balaban J connectivity index is 1.13. The summed E-state index contributed by atoms with van der Waals surface area (Å²) in [5, 5.41) is 157. The summed E-state index contributed by atoms with van der Waals surface area (Å²) in [4.78, 5) is 12.0. The molecule has 6 fully saturated rings. The summed E-state index contributed by atoms with van der Waals surface area (Å²) in [6, 6.07) is -1.43. The van der Waals surface area contributed by atoms with Crippen molar-refractivity contribution in [2.24, 2.45) is 0 Å². The largest absolute Gasteiger partial charge is 0.756 e. The summed E-state index contributed by atoms with van der Waals surface area (Å²) in [7, 11) is -5.01. The van der Waals surface area contributed by atoms with E-state index in [0.29, 0.717) is 0 Å². The molecule has 59 heavy (non-hydrogen) atoms. The Morgan fingerprint density at radius 2 is 0.881 bits per heavy atom. The molecule has 0 radical (unpaired) electrons. The maximum absolute atomic E-state index is 12.0. The van der Waals surface area contributed by atoms with Gasteiger partial charge in [-0.25, -0.2) is 0 Å². The minimum Gasteiger partial charge on any atom is -0.756 e. The quantitative estimate of drug-likeness (QED) is 0.0809. The first-order valence-corrected chi connectivity index (χ1v) is 19.9. The second-order valence-electron chi connectivity index (χ2n) is 15.0. The van der Waals surface area contributed by atoms with E-state index in [-0.39, 0.29) is 0 Å². The molecule has 0 aromatic heterocycles. The summed E-state index contributed by atoms with van der Waals surface area (Å²) in [5.74, 6) is 0. The second-order valence-corrected chi connectivity index (χ2v) is 16.3. The van der Waals surface area contributed by atoms with E-state index >= 15 is 0 Å². The molecule has 1 unspecified atom stereocenters. The zero-order valence-electron chi connectivity index (χ0n) is 30.6. The zero-order valence-corrected chi connectivity index (χ0v) is 31.5. The molecule has 6 aliphatic rings. The predicted octanol–water partition coefficient (Wildman–Crippen LogP) is -12.8. The van der Waals surface area contributed by atoms with Gasteiger partial charge in [0.05, 0.1) is 26.4 Å². The van der Waals surface area contributed by atoms with Crippen LogP contribution in [0, 0.1) is 0 Å². The van der Waals surface area contributed by atoms with E-state index < -0.39 is 194 Å². The molecule has 0 amide bonds. The number of hydrogen-bond donors (Lipinski definition) is 16. The maximum Gasteiger partial charge on any atom is 0.268 e. The summed E-state index contributed by atoms with van der Waals surface area (Å²) < 4.78 is 66.5. The number of aliphatic hydroxyl groups is 15. The Morgan fingerprint density at radius 1 is 0.458 bits per heavy atom. The maximum atomic E-state index is 12.0. The molecule has 28 nitrogen and oxygen atoms in total. The highest BCUT2D eigenvalue weighted by Gasteiger charge is 2.60. The van der Waals surface area contributed by atoms with Crippen LogP contribution in [0.5, 0.6) is 0 Å². The standard InChI is InChI=1S/C30H52NO27P/c31-9-13(38)22(7(3-34)52-27(9)55-23-18(43)16(41)19(44)24-26(23)58-59(47,48)57-24)54-29-21(46)15(40)12(37)8(53-29)4-49-30-25(17(42)11(36)6(2-33)51-30)56-28-20(45)14(39)10(35)5(1-32)50-28/h5-30,32-46H,1-4,31H2,(H,47,48)/t5-,6-,7-,8-,9-,10-,11-,12-,13-,14+,15+,16+,17+,18+,19-,20+,21+,22-,23-,24-,25+,26+,27-,28-,29-,30+/m1/s1. The number of hydrogen-bond acceptors (Lipinski definition) is 27. The normalized spacial score (nSPS) is 55.8. The van der Waals surface area contributed by atoms with E-state index in [1.54, 1.807) is 0 Å². The van der Waals surface area contributed by atoms with Gasteiger partial charge in [0.1, 0.15) is 128 Å².